The van der Waals surface area contributed by atoms with Gasteiger partial charge in [-0.25, -0.2) is 4.98 Å². The number of pyridine rings is 1. The van der Waals surface area contributed by atoms with Gasteiger partial charge in [0.1, 0.15) is 12.1 Å². The van der Waals surface area contributed by atoms with Crippen LogP contribution in [0.4, 0.5) is 0 Å². The van der Waals surface area contributed by atoms with Crippen LogP contribution in [0.3, 0.4) is 0 Å². The van der Waals surface area contributed by atoms with Crippen molar-refractivity contribution in [3.05, 3.63) is 35.5 Å². The lowest BCUT2D eigenvalue weighted by molar-refractivity contribution is -0.141. The number of aromatic nitrogens is 1. The van der Waals surface area contributed by atoms with Crippen LogP contribution in [0.25, 0.3) is 10.9 Å². The summed E-state index contributed by atoms with van der Waals surface area (Å²) >= 11 is 6.15. The number of benzene rings is 1. The summed E-state index contributed by atoms with van der Waals surface area (Å²) in [5.74, 6) is -0.328. The molecule has 1 saturated heterocycles. The van der Waals surface area contributed by atoms with Crippen molar-refractivity contribution in [1.29, 1.82) is 0 Å². The SMILES string of the molecule is CN1C[C@H](Oc2cc3ccccc3nc2Cl)C[C@H]1C(=O)O. The molecule has 2 atom stereocenters. The van der Waals surface area contributed by atoms with Gasteiger partial charge in [0, 0.05) is 18.4 Å². The van der Waals surface area contributed by atoms with Crippen molar-refractivity contribution >= 4 is 28.5 Å². The van der Waals surface area contributed by atoms with E-state index in [0.29, 0.717) is 23.9 Å². The van der Waals surface area contributed by atoms with Gasteiger partial charge in [0.2, 0.25) is 0 Å². The lowest BCUT2D eigenvalue weighted by Crippen LogP contribution is -2.32. The van der Waals surface area contributed by atoms with Gasteiger partial charge in [0.25, 0.3) is 0 Å². The number of halogens is 1. The number of likely N-dealkylation sites (N-methyl/N-ethyl adjacent to an activating group) is 1. The Morgan fingerprint density at radius 1 is 1.48 bits per heavy atom. The third kappa shape index (κ3) is 2.80. The molecule has 5 nitrogen and oxygen atoms in total. The lowest BCUT2D eigenvalue weighted by Gasteiger charge is -2.15. The van der Waals surface area contributed by atoms with Gasteiger partial charge in [-0.1, -0.05) is 29.8 Å². The van der Waals surface area contributed by atoms with Gasteiger partial charge in [-0.3, -0.25) is 9.69 Å². The fraction of sp³-hybridized carbons (Fsp3) is 0.333. The molecule has 6 heteroatoms. The number of aliphatic carboxylic acids is 1. The third-order valence-electron chi connectivity index (χ3n) is 3.73. The normalized spacial score (nSPS) is 22.6. The van der Waals surface area contributed by atoms with Gasteiger partial charge in [-0.15, -0.1) is 0 Å². The number of para-hydroxylation sites is 1. The van der Waals surface area contributed by atoms with Crippen molar-refractivity contribution in [2.45, 2.75) is 18.6 Å². The number of carboxylic acids is 1. The van der Waals surface area contributed by atoms with Crippen LogP contribution in [0.2, 0.25) is 5.15 Å². The number of hydrogen-bond acceptors (Lipinski definition) is 4. The van der Waals surface area contributed by atoms with Gasteiger partial charge in [-0.05, 0) is 19.2 Å². The first kappa shape index (κ1) is 14.1. The molecule has 0 unspecified atom stereocenters. The minimum Gasteiger partial charge on any atom is -0.486 e. The van der Waals surface area contributed by atoms with Crippen molar-refractivity contribution < 1.29 is 14.6 Å². The van der Waals surface area contributed by atoms with Crippen LogP contribution in [0, 0.1) is 0 Å². The van der Waals surface area contributed by atoms with Crippen LogP contribution in [0.1, 0.15) is 6.42 Å². The average Bonchev–Trinajstić information content (AvgIpc) is 2.81. The van der Waals surface area contributed by atoms with E-state index >= 15 is 0 Å². The molecule has 0 saturated carbocycles. The summed E-state index contributed by atoms with van der Waals surface area (Å²) in [5, 5.41) is 10.4. The maximum atomic E-state index is 11.1. The Kier molecular flexibility index (Phi) is 3.69. The predicted octanol–water partition coefficient (Wildman–Crippen LogP) is 2.42. The molecule has 110 valence electrons. The predicted molar refractivity (Wildman–Crippen MR) is 79.8 cm³/mol. The van der Waals surface area contributed by atoms with Crippen molar-refractivity contribution in [3.63, 3.8) is 0 Å². The van der Waals surface area contributed by atoms with Crippen LogP contribution in [-0.2, 0) is 4.79 Å². The highest BCUT2D eigenvalue weighted by molar-refractivity contribution is 6.31. The number of rotatable bonds is 3. The number of nitrogens with zero attached hydrogens (tertiary/aromatic N) is 2. The van der Waals surface area contributed by atoms with E-state index < -0.39 is 12.0 Å². The molecule has 0 aliphatic carbocycles. The summed E-state index contributed by atoms with van der Waals surface area (Å²) in [7, 11) is 1.78. The second-order valence-corrected chi connectivity index (χ2v) is 5.60. The molecule has 1 fully saturated rings. The molecular formula is C15H15ClN2O3. The first-order chi connectivity index (χ1) is 10.0. The monoisotopic (exact) mass is 306 g/mol. The summed E-state index contributed by atoms with van der Waals surface area (Å²) in [6.07, 6.45) is 0.242. The van der Waals surface area contributed by atoms with Crippen molar-refractivity contribution in [1.82, 2.24) is 9.88 Å². The minimum absolute atomic E-state index is 0.198. The van der Waals surface area contributed by atoms with Gasteiger partial charge in [-0.2, -0.15) is 0 Å². The van der Waals surface area contributed by atoms with Crippen molar-refractivity contribution in [3.8, 4) is 5.75 Å². The van der Waals surface area contributed by atoms with Gasteiger partial charge >= 0.3 is 5.97 Å². The largest absolute Gasteiger partial charge is 0.486 e. The standard InChI is InChI=1S/C15H15ClN2O3/c1-18-8-10(7-12(18)15(19)20)21-13-6-9-4-2-3-5-11(9)17-14(13)16/h2-6,10,12H,7-8H2,1H3,(H,19,20)/t10-,12+/m1/s1. The molecule has 1 N–H and O–H groups in total. The molecule has 3 rings (SSSR count). The van der Waals surface area contributed by atoms with E-state index in [2.05, 4.69) is 4.98 Å². The van der Waals surface area contributed by atoms with E-state index in [1.165, 1.54) is 0 Å². The van der Waals surface area contributed by atoms with Crippen LogP contribution in [-0.4, -0.2) is 46.7 Å². The number of ether oxygens (including phenoxy) is 1. The van der Waals surface area contributed by atoms with E-state index in [4.69, 9.17) is 21.4 Å². The van der Waals surface area contributed by atoms with E-state index in [-0.39, 0.29) is 6.10 Å². The highest BCUT2D eigenvalue weighted by Crippen LogP contribution is 2.30. The second-order valence-electron chi connectivity index (χ2n) is 5.24. The molecule has 1 aliphatic heterocycles. The molecule has 0 amide bonds. The summed E-state index contributed by atoms with van der Waals surface area (Å²) in [5.41, 5.74) is 0.807. The summed E-state index contributed by atoms with van der Waals surface area (Å²) < 4.78 is 5.87. The molecule has 0 radical (unpaired) electrons. The van der Waals surface area contributed by atoms with Gasteiger partial charge < -0.3 is 9.84 Å². The topological polar surface area (TPSA) is 62.7 Å². The molecule has 2 heterocycles. The highest BCUT2D eigenvalue weighted by Gasteiger charge is 2.35. The molecule has 1 aromatic carbocycles. The zero-order valence-corrected chi connectivity index (χ0v) is 12.2. The zero-order chi connectivity index (χ0) is 15.0. The highest BCUT2D eigenvalue weighted by atomic mass is 35.5. The number of carbonyl (C=O) groups is 1. The van der Waals surface area contributed by atoms with Crippen LogP contribution >= 0.6 is 11.6 Å². The maximum Gasteiger partial charge on any atom is 0.321 e. The van der Waals surface area contributed by atoms with Crippen molar-refractivity contribution in [2.75, 3.05) is 13.6 Å². The van der Waals surface area contributed by atoms with E-state index in [9.17, 15) is 4.79 Å². The number of hydrogen-bond donors (Lipinski definition) is 1. The van der Waals surface area contributed by atoms with Crippen LogP contribution < -0.4 is 4.74 Å². The van der Waals surface area contributed by atoms with Crippen LogP contribution in [0.15, 0.2) is 30.3 Å². The van der Waals surface area contributed by atoms with Crippen molar-refractivity contribution in [2.24, 2.45) is 0 Å². The zero-order valence-electron chi connectivity index (χ0n) is 11.5. The van der Waals surface area contributed by atoms with E-state index in [1.54, 1.807) is 11.9 Å². The van der Waals surface area contributed by atoms with Gasteiger partial charge in [0.15, 0.2) is 10.9 Å². The quantitative estimate of drug-likeness (QED) is 0.882. The fourth-order valence-corrected chi connectivity index (χ4v) is 2.85. The summed E-state index contributed by atoms with van der Waals surface area (Å²) in [6.45, 7) is 0.556. The Balaban J connectivity index is 1.82. The third-order valence-corrected chi connectivity index (χ3v) is 4.00. The summed E-state index contributed by atoms with van der Waals surface area (Å²) in [4.78, 5) is 17.2. The molecule has 2 aromatic rings. The van der Waals surface area contributed by atoms with Gasteiger partial charge in [0.05, 0.1) is 5.52 Å². The fourth-order valence-electron chi connectivity index (χ4n) is 2.66. The molecule has 0 bridgehead atoms. The number of likely N-dealkylation sites (tertiary alicyclic amines) is 1. The first-order valence-corrected chi connectivity index (χ1v) is 7.07. The second kappa shape index (κ2) is 5.50. The smallest absolute Gasteiger partial charge is 0.321 e. The molecule has 21 heavy (non-hydrogen) atoms. The Labute approximate surface area is 127 Å². The Morgan fingerprint density at radius 2 is 2.24 bits per heavy atom. The lowest BCUT2D eigenvalue weighted by atomic mass is 10.2. The number of carboxylic acid groups (broad SMARTS) is 1. The molecule has 1 aromatic heterocycles. The summed E-state index contributed by atoms with van der Waals surface area (Å²) in [6, 6.07) is 8.98. The van der Waals surface area contributed by atoms with E-state index in [1.807, 2.05) is 30.3 Å². The molecular weight excluding hydrogens is 292 g/mol. The van der Waals surface area contributed by atoms with Crippen LogP contribution in [0.5, 0.6) is 5.75 Å². The number of fused-ring (bicyclic) bond motifs is 1. The average molecular weight is 307 g/mol. The van der Waals surface area contributed by atoms with E-state index in [0.717, 1.165) is 10.9 Å². The minimum atomic E-state index is -0.827. The Morgan fingerprint density at radius 3 is 2.95 bits per heavy atom. The maximum absolute atomic E-state index is 11.1. The first-order valence-electron chi connectivity index (χ1n) is 6.69. The molecule has 1 aliphatic rings. The Hall–Kier alpha value is -1.85. The Bertz CT molecular complexity index is 692. The molecule has 0 spiro atoms.